The van der Waals surface area contributed by atoms with Gasteiger partial charge in [-0.1, -0.05) is 77.4 Å². The number of aromatic nitrogens is 1. The summed E-state index contributed by atoms with van der Waals surface area (Å²) in [4.78, 5) is 85.1. The van der Waals surface area contributed by atoms with Gasteiger partial charge in [0.15, 0.2) is 16.9 Å². The molecule has 0 aliphatic carbocycles. The second-order valence-corrected chi connectivity index (χ2v) is 13.7. The second kappa shape index (κ2) is 17.1. The molecular formula is C35H27ClN6O10S2. The van der Waals surface area contributed by atoms with Gasteiger partial charge in [0.2, 0.25) is 13.0 Å². The van der Waals surface area contributed by atoms with Crippen molar-refractivity contribution in [1.29, 1.82) is 0 Å². The molecule has 0 bridgehead atoms. The van der Waals surface area contributed by atoms with E-state index in [1.165, 1.54) is 41.4 Å². The van der Waals surface area contributed by atoms with Crippen LogP contribution in [0, 0.1) is 10.1 Å². The van der Waals surface area contributed by atoms with Crippen molar-refractivity contribution in [1.82, 2.24) is 15.2 Å². The number of hydrogen-bond donors (Lipinski definition) is 2. The average Bonchev–Trinajstić information content (AvgIpc) is 3.65. The van der Waals surface area contributed by atoms with Crippen LogP contribution < -0.4 is 10.6 Å². The lowest BCUT2D eigenvalue weighted by molar-refractivity contribution is -0.384. The number of rotatable bonds is 15. The van der Waals surface area contributed by atoms with Gasteiger partial charge in [0.1, 0.15) is 29.4 Å². The number of thiazole rings is 1. The first kappa shape index (κ1) is 37.6. The molecule has 1 aromatic heterocycles. The number of anilines is 1. The van der Waals surface area contributed by atoms with Crippen LogP contribution in [0.2, 0.25) is 0 Å². The number of thioether (sulfide) groups is 1. The maximum absolute atomic E-state index is 13.6. The number of amides is 3. The predicted molar refractivity (Wildman–Crippen MR) is 196 cm³/mol. The van der Waals surface area contributed by atoms with Crippen molar-refractivity contribution in [3.05, 3.63) is 134 Å². The largest absolute Gasteiger partial charge is 0.456 e. The molecule has 19 heteroatoms. The highest BCUT2D eigenvalue weighted by atomic mass is 35.5. The van der Waals surface area contributed by atoms with Gasteiger partial charge in [0.25, 0.3) is 17.5 Å². The van der Waals surface area contributed by atoms with Gasteiger partial charge in [-0.2, -0.15) is 0 Å². The first-order valence-electron chi connectivity index (χ1n) is 15.8. The molecule has 54 heavy (non-hydrogen) atoms. The SMILES string of the molecule is O=CNc1nc(C(=NOCC(=O)OC(c2ccccc2)c2ccccc2)C(=O)NC2C(=O)N3C(C(=O)OCc4ccc([N+](=O)[O-])cc4)=C(Cl)CS[C@H]23)cs1. The van der Waals surface area contributed by atoms with Crippen LogP contribution in [0.5, 0.6) is 0 Å². The zero-order valence-electron chi connectivity index (χ0n) is 27.7. The van der Waals surface area contributed by atoms with E-state index < -0.39 is 58.5 Å². The van der Waals surface area contributed by atoms with Crippen molar-refractivity contribution >= 4 is 81.4 Å². The molecule has 276 valence electrons. The summed E-state index contributed by atoms with van der Waals surface area (Å²) in [6.45, 7) is -0.939. The van der Waals surface area contributed by atoms with Crippen LogP contribution in [0.4, 0.5) is 10.8 Å². The van der Waals surface area contributed by atoms with Gasteiger partial charge in [-0.25, -0.2) is 14.6 Å². The average molecular weight is 791 g/mol. The Labute approximate surface area is 319 Å². The van der Waals surface area contributed by atoms with Crippen LogP contribution in [-0.4, -0.2) is 74.5 Å². The van der Waals surface area contributed by atoms with Gasteiger partial charge in [0, 0.05) is 23.3 Å². The van der Waals surface area contributed by atoms with E-state index in [4.69, 9.17) is 25.9 Å². The van der Waals surface area contributed by atoms with Crippen molar-refractivity contribution in [3.63, 3.8) is 0 Å². The summed E-state index contributed by atoms with van der Waals surface area (Å²) in [5, 5.41) is 20.6. The van der Waals surface area contributed by atoms with E-state index in [0.717, 1.165) is 27.4 Å². The Morgan fingerprint density at radius 3 is 2.35 bits per heavy atom. The van der Waals surface area contributed by atoms with E-state index in [1.807, 2.05) is 60.7 Å². The molecule has 0 spiro atoms. The van der Waals surface area contributed by atoms with E-state index in [-0.39, 0.29) is 39.6 Å². The van der Waals surface area contributed by atoms with Crippen LogP contribution in [0.25, 0.3) is 0 Å². The number of halogens is 1. The molecule has 4 aromatic rings. The number of nitro benzene ring substituents is 1. The Kier molecular flexibility index (Phi) is 12.0. The molecule has 1 fully saturated rings. The number of nitrogens with zero attached hydrogens (tertiary/aromatic N) is 4. The van der Waals surface area contributed by atoms with Gasteiger partial charge in [-0.3, -0.25) is 29.4 Å². The second-order valence-electron chi connectivity index (χ2n) is 11.3. The third-order valence-electron chi connectivity index (χ3n) is 7.86. The molecule has 2 aliphatic rings. The minimum Gasteiger partial charge on any atom is -0.456 e. The topological polar surface area (TPSA) is 209 Å². The van der Waals surface area contributed by atoms with Crippen molar-refractivity contribution in [2.45, 2.75) is 24.1 Å². The fourth-order valence-electron chi connectivity index (χ4n) is 5.32. The maximum atomic E-state index is 13.6. The minimum atomic E-state index is -1.14. The number of β-lactam (4-membered cyclic amide) rings is 1. The molecule has 3 amide bonds. The Morgan fingerprint density at radius 1 is 1.06 bits per heavy atom. The molecule has 2 aliphatic heterocycles. The van der Waals surface area contributed by atoms with Crippen LogP contribution in [0.1, 0.15) is 28.5 Å². The van der Waals surface area contributed by atoms with E-state index >= 15 is 0 Å². The minimum absolute atomic E-state index is 0.0277. The predicted octanol–water partition coefficient (Wildman–Crippen LogP) is 4.27. The zero-order valence-corrected chi connectivity index (χ0v) is 30.0. The number of carbonyl (C=O) groups is 5. The number of ether oxygens (including phenoxy) is 2. The van der Waals surface area contributed by atoms with E-state index in [9.17, 15) is 34.1 Å². The van der Waals surface area contributed by atoms with Crippen molar-refractivity contribution in [3.8, 4) is 0 Å². The summed E-state index contributed by atoms with van der Waals surface area (Å²) in [7, 11) is 0. The Hall–Kier alpha value is -6.11. The number of hydrogen-bond acceptors (Lipinski definition) is 14. The number of esters is 2. The summed E-state index contributed by atoms with van der Waals surface area (Å²) in [5.74, 6) is -3.14. The standard InChI is InChI=1S/C35H27ClN6O10S2/c36-24-17-53-33-28(32(46)41(33)29(24)34(47)50-15-20-11-13-23(14-12-20)42(48)49)39-31(45)27(25-18-54-35(38-25)37-19-43)40-51-16-26(44)52-30(21-7-3-1-4-8-21)22-9-5-2-6-10-22/h1-14,18-19,28,30,33H,15-17H2,(H,39,45)(H,37,38,43)/t28?,33-/m1/s1. The van der Waals surface area contributed by atoms with Crippen LogP contribution in [0.15, 0.2) is 106 Å². The molecular weight excluding hydrogens is 764 g/mol. The summed E-state index contributed by atoms with van der Waals surface area (Å²) >= 11 is 8.54. The zero-order chi connectivity index (χ0) is 38.2. The molecule has 3 aromatic carbocycles. The molecule has 1 unspecified atom stereocenters. The third-order valence-corrected chi connectivity index (χ3v) is 10.4. The first-order valence-corrected chi connectivity index (χ1v) is 18.1. The normalized spacial score (nSPS) is 16.5. The highest BCUT2D eigenvalue weighted by Crippen LogP contribution is 2.42. The van der Waals surface area contributed by atoms with E-state index in [2.05, 4.69) is 20.8 Å². The molecule has 1 saturated heterocycles. The number of nitrogens with one attached hydrogen (secondary N) is 2. The summed E-state index contributed by atoms with van der Waals surface area (Å²) in [6, 6.07) is 22.4. The third kappa shape index (κ3) is 8.57. The Balaban J connectivity index is 1.13. The Morgan fingerprint density at radius 2 is 1.72 bits per heavy atom. The smallest absolute Gasteiger partial charge is 0.356 e. The number of nitro groups is 1. The van der Waals surface area contributed by atoms with Gasteiger partial charge in [-0.15, -0.1) is 23.1 Å². The van der Waals surface area contributed by atoms with Crippen molar-refractivity contribution in [2.75, 3.05) is 17.7 Å². The lowest BCUT2D eigenvalue weighted by Gasteiger charge is -2.49. The first-order chi connectivity index (χ1) is 26.1. The summed E-state index contributed by atoms with van der Waals surface area (Å²) in [5.41, 5.74) is 1.14. The highest BCUT2D eigenvalue weighted by Gasteiger charge is 2.54. The van der Waals surface area contributed by atoms with Gasteiger partial charge < -0.3 is 24.9 Å². The van der Waals surface area contributed by atoms with Gasteiger partial charge >= 0.3 is 11.9 Å². The summed E-state index contributed by atoms with van der Waals surface area (Å²) < 4.78 is 11.1. The number of benzene rings is 3. The number of fused-ring (bicyclic) bond motifs is 1. The fourth-order valence-corrected chi connectivity index (χ4v) is 7.52. The quantitative estimate of drug-likeness (QED) is 0.0432. The monoisotopic (exact) mass is 790 g/mol. The molecule has 3 heterocycles. The van der Waals surface area contributed by atoms with Crippen LogP contribution >= 0.6 is 34.7 Å². The van der Waals surface area contributed by atoms with Crippen molar-refractivity contribution in [2.24, 2.45) is 5.16 Å². The van der Waals surface area contributed by atoms with E-state index in [1.54, 1.807) is 0 Å². The number of carbonyl (C=O) groups excluding carboxylic acids is 5. The summed E-state index contributed by atoms with van der Waals surface area (Å²) in [6.07, 6.45) is -0.352. The van der Waals surface area contributed by atoms with Gasteiger partial charge in [0.05, 0.1) is 9.96 Å². The molecule has 0 saturated carbocycles. The van der Waals surface area contributed by atoms with Gasteiger partial charge in [-0.05, 0) is 28.8 Å². The Bertz CT molecular complexity index is 2090. The molecule has 2 atom stereocenters. The van der Waals surface area contributed by atoms with Crippen LogP contribution in [0.3, 0.4) is 0 Å². The molecule has 0 radical (unpaired) electrons. The van der Waals surface area contributed by atoms with E-state index in [0.29, 0.717) is 12.0 Å². The molecule has 6 rings (SSSR count). The number of non-ortho nitro benzene ring substituents is 1. The van der Waals surface area contributed by atoms with Crippen molar-refractivity contribution < 1.29 is 43.2 Å². The maximum Gasteiger partial charge on any atom is 0.356 e. The molecule has 2 N–H and O–H groups in total. The number of oxime groups is 1. The lowest BCUT2D eigenvalue weighted by Crippen LogP contribution is -2.71. The lowest BCUT2D eigenvalue weighted by atomic mass is 10.0. The molecule has 16 nitrogen and oxygen atoms in total. The fraction of sp³-hybridized carbons (Fsp3) is 0.171. The highest BCUT2D eigenvalue weighted by molar-refractivity contribution is 8.00. The van der Waals surface area contributed by atoms with Crippen LogP contribution in [-0.2, 0) is 44.9 Å².